The van der Waals surface area contributed by atoms with Gasteiger partial charge in [0.1, 0.15) is 11.5 Å². The van der Waals surface area contributed by atoms with Crippen molar-refractivity contribution in [2.45, 2.75) is 20.3 Å². The summed E-state index contributed by atoms with van der Waals surface area (Å²) in [7, 11) is 0. The number of rotatable bonds is 4. The first-order chi connectivity index (χ1) is 9.10. The number of hydrogen-bond donors (Lipinski definition) is 1. The Bertz CT molecular complexity index is 581. The second kappa shape index (κ2) is 6.22. The molecule has 0 fully saturated rings. The van der Waals surface area contributed by atoms with Gasteiger partial charge in [-0.25, -0.2) is 0 Å². The average molecular weight is 320 g/mol. The molecule has 3 heteroatoms. The van der Waals surface area contributed by atoms with Crippen LogP contribution in [0.5, 0.6) is 11.5 Å². The number of aryl methyl sites for hydroxylation is 2. The van der Waals surface area contributed by atoms with Gasteiger partial charge in [-0.2, -0.15) is 0 Å². The summed E-state index contributed by atoms with van der Waals surface area (Å²) in [5.41, 5.74) is 9.06. The van der Waals surface area contributed by atoms with E-state index in [1.807, 2.05) is 31.2 Å². The van der Waals surface area contributed by atoms with Crippen LogP contribution >= 0.6 is 15.9 Å². The minimum Gasteiger partial charge on any atom is -0.457 e. The lowest BCUT2D eigenvalue weighted by molar-refractivity contribution is 0.475. The van der Waals surface area contributed by atoms with Crippen LogP contribution in [0.4, 0.5) is 0 Å². The fraction of sp³-hybridized carbons (Fsp3) is 0.250. The van der Waals surface area contributed by atoms with Gasteiger partial charge >= 0.3 is 0 Å². The molecular weight excluding hydrogens is 302 g/mol. The molecule has 2 rings (SSSR count). The molecule has 0 radical (unpaired) electrons. The monoisotopic (exact) mass is 319 g/mol. The zero-order valence-corrected chi connectivity index (χ0v) is 12.8. The molecule has 2 aromatic carbocycles. The smallest absolute Gasteiger partial charge is 0.130 e. The highest BCUT2D eigenvalue weighted by Crippen LogP contribution is 2.29. The first kappa shape index (κ1) is 14.1. The van der Waals surface area contributed by atoms with Crippen molar-refractivity contribution >= 4 is 15.9 Å². The zero-order valence-electron chi connectivity index (χ0n) is 11.2. The molecule has 0 bridgehead atoms. The molecule has 0 amide bonds. The summed E-state index contributed by atoms with van der Waals surface area (Å²) < 4.78 is 7.04. The minimum absolute atomic E-state index is 0.672. The lowest BCUT2D eigenvalue weighted by Gasteiger charge is -2.12. The predicted octanol–water partition coefficient (Wildman–Crippen LogP) is 4.36. The molecule has 0 unspecified atom stereocenters. The van der Waals surface area contributed by atoms with Crippen molar-refractivity contribution in [1.82, 2.24) is 0 Å². The lowest BCUT2D eigenvalue weighted by atomic mass is 10.1. The van der Waals surface area contributed by atoms with E-state index in [1.165, 1.54) is 5.56 Å². The molecule has 19 heavy (non-hydrogen) atoms. The van der Waals surface area contributed by atoms with E-state index < -0.39 is 0 Å². The highest BCUT2D eigenvalue weighted by molar-refractivity contribution is 9.10. The van der Waals surface area contributed by atoms with Gasteiger partial charge in [0.2, 0.25) is 0 Å². The molecule has 0 aliphatic carbocycles. The average Bonchev–Trinajstić information content (AvgIpc) is 2.36. The minimum atomic E-state index is 0.672. The molecule has 0 aliphatic rings. The van der Waals surface area contributed by atoms with Crippen molar-refractivity contribution in [3.8, 4) is 11.5 Å². The van der Waals surface area contributed by atoms with Gasteiger partial charge in [0.15, 0.2) is 0 Å². The maximum atomic E-state index is 5.98. The summed E-state index contributed by atoms with van der Waals surface area (Å²) >= 11 is 3.46. The third-order valence-electron chi connectivity index (χ3n) is 3.03. The van der Waals surface area contributed by atoms with Crippen molar-refractivity contribution in [2.75, 3.05) is 6.54 Å². The Morgan fingerprint density at radius 3 is 2.21 bits per heavy atom. The van der Waals surface area contributed by atoms with Gasteiger partial charge in [0.25, 0.3) is 0 Å². The normalized spacial score (nSPS) is 10.5. The van der Waals surface area contributed by atoms with Crippen molar-refractivity contribution in [2.24, 2.45) is 5.73 Å². The first-order valence-corrected chi connectivity index (χ1v) is 7.13. The van der Waals surface area contributed by atoms with Gasteiger partial charge in [-0.05, 0) is 67.8 Å². The van der Waals surface area contributed by atoms with Gasteiger partial charge in [0.05, 0.1) is 0 Å². The molecule has 0 spiro atoms. The van der Waals surface area contributed by atoms with Crippen molar-refractivity contribution < 1.29 is 4.74 Å². The molecule has 0 saturated heterocycles. The summed E-state index contributed by atoms with van der Waals surface area (Å²) in [5, 5.41) is 0. The Morgan fingerprint density at radius 2 is 1.63 bits per heavy atom. The van der Waals surface area contributed by atoms with Crippen LogP contribution in [-0.4, -0.2) is 6.54 Å². The highest BCUT2D eigenvalue weighted by Gasteiger charge is 2.05. The summed E-state index contributed by atoms with van der Waals surface area (Å²) in [6.07, 6.45) is 0.901. The Hall–Kier alpha value is -1.32. The second-order valence-electron chi connectivity index (χ2n) is 4.65. The highest BCUT2D eigenvalue weighted by atomic mass is 79.9. The summed E-state index contributed by atoms with van der Waals surface area (Å²) in [5.74, 6) is 1.78. The molecule has 2 N–H and O–H groups in total. The number of halogens is 1. The molecule has 0 heterocycles. The van der Waals surface area contributed by atoms with E-state index in [0.717, 1.165) is 33.5 Å². The Labute approximate surface area is 122 Å². The molecular formula is C16H18BrNO. The van der Waals surface area contributed by atoms with Crippen LogP contribution in [0.1, 0.15) is 16.7 Å². The Morgan fingerprint density at radius 1 is 1.00 bits per heavy atom. The third-order valence-corrected chi connectivity index (χ3v) is 3.52. The molecule has 0 aromatic heterocycles. The number of hydrogen-bond acceptors (Lipinski definition) is 2. The summed E-state index contributed by atoms with van der Waals surface area (Å²) in [6.45, 7) is 4.77. The van der Waals surface area contributed by atoms with E-state index in [-0.39, 0.29) is 0 Å². The third kappa shape index (κ3) is 3.58. The van der Waals surface area contributed by atoms with Gasteiger partial charge in [0, 0.05) is 4.47 Å². The SMILES string of the molecule is Cc1cc(Br)ccc1Oc1ccc(CCN)cc1C. The van der Waals surface area contributed by atoms with Crippen LogP contribution in [0, 0.1) is 13.8 Å². The number of benzene rings is 2. The van der Waals surface area contributed by atoms with Gasteiger partial charge in [-0.1, -0.05) is 28.1 Å². The van der Waals surface area contributed by atoms with Crippen molar-refractivity contribution in [1.29, 1.82) is 0 Å². The molecule has 2 aromatic rings. The van der Waals surface area contributed by atoms with Crippen LogP contribution in [-0.2, 0) is 6.42 Å². The van der Waals surface area contributed by atoms with E-state index >= 15 is 0 Å². The number of ether oxygens (including phenoxy) is 1. The predicted molar refractivity (Wildman–Crippen MR) is 82.9 cm³/mol. The maximum Gasteiger partial charge on any atom is 0.130 e. The van der Waals surface area contributed by atoms with Crippen molar-refractivity contribution in [3.05, 3.63) is 57.6 Å². The summed E-state index contributed by atoms with van der Waals surface area (Å²) in [6, 6.07) is 12.2. The zero-order chi connectivity index (χ0) is 13.8. The van der Waals surface area contributed by atoms with E-state index in [4.69, 9.17) is 10.5 Å². The van der Waals surface area contributed by atoms with Crippen LogP contribution in [0.25, 0.3) is 0 Å². The van der Waals surface area contributed by atoms with E-state index in [1.54, 1.807) is 0 Å². The van der Waals surface area contributed by atoms with Crippen LogP contribution in [0.15, 0.2) is 40.9 Å². The molecule has 0 atom stereocenters. The molecule has 100 valence electrons. The largest absolute Gasteiger partial charge is 0.457 e. The fourth-order valence-electron chi connectivity index (χ4n) is 1.99. The standard InChI is InChI=1S/C16H18BrNO/c1-11-9-13(7-8-18)3-5-15(11)19-16-6-4-14(17)10-12(16)2/h3-6,9-10H,7-8,18H2,1-2H3. The Balaban J connectivity index is 2.23. The molecule has 0 saturated carbocycles. The van der Waals surface area contributed by atoms with E-state index in [0.29, 0.717) is 6.54 Å². The quantitative estimate of drug-likeness (QED) is 0.908. The molecule has 2 nitrogen and oxygen atoms in total. The fourth-order valence-corrected chi connectivity index (χ4v) is 2.47. The van der Waals surface area contributed by atoms with Crippen LogP contribution < -0.4 is 10.5 Å². The number of nitrogens with two attached hydrogens (primary N) is 1. The maximum absolute atomic E-state index is 5.98. The lowest BCUT2D eigenvalue weighted by Crippen LogP contribution is -2.03. The Kier molecular flexibility index (Phi) is 4.61. The van der Waals surface area contributed by atoms with Crippen molar-refractivity contribution in [3.63, 3.8) is 0 Å². The molecule has 0 aliphatic heterocycles. The van der Waals surface area contributed by atoms with Gasteiger partial charge < -0.3 is 10.5 Å². The topological polar surface area (TPSA) is 35.2 Å². The van der Waals surface area contributed by atoms with Crippen LogP contribution in [0.2, 0.25) is 0 Å². The van der Waals surface area contributed by atoms with E-state index in [2.05, 4.69) is 35.0 Å². The van der Waals surface area contributed by atoms with Crippen LogP contribution in [0.3, 0.4) is 0 Å². The van der Waals surface area contributed by atoms with Gasteiger partial charge in [-0.15, -0.1) is 0 Å². The second-order valence-corrected chi connectivity index (χ2v) is 5.57. The van der Waals surface area contributed by atoms with Gasteiger partial charge in [-0.3, -0.25) is 0 Å². The summed E-state index contributed by atoms with van der Waals surface area (Å²) in [4.78, 5) is 0. The van der Waals surface area contributed by atoms with E-state index in [9.17, 15) is 0 Å². The first-order valence-electron chi connectivity index (χ1n) is 6.34.